The fourth-order valence-corrected chi connectivity index (χ4v) is 5.44. The molecule has 6 heteroatoms. The van der Waals surface area contributed by atoms with E-state index in [-0.39, 0.29) is 5.43 Å². The van der Waals surface area contributed by atoms with Crippen LogP contribution in [0.3, 0.4) is 0 Å². The fraction of sp³-hybridized carbons (Fsp3) is 0.552. The molecule has 0 aliphatic carbocycles. The number of H-pyrrole nitrogens is 1. The van der Waals surface area contributed by atoms with Gasteiger partial charge < -0.3 is 24.3 Å². The SMILES string of the molecule is O=c1c2ccc(OCCCN3CCCCC3)cc2[nH]c2cc(OCCCN3CCCCC3)ccc12. The minimum Gasteiger partial charge on any atom is -0.493 e. The first kappa shape index (κ1) is 24.1. The van der Waals surface area contributed by atoms with Crippen LogP contribution in [0.15, 0.2) is 41.2 Å². The smallest absolute Gasteiger partial charge is 0.197 e. The van der Waals surface area contributed by atoms with Crippen LogP contribution in [-0.2, 0) is 0 Å². The number of fused-ring (bicyclic) bond motifs is 2. The van der Waals surface area contributed by atoms with Gasteiger partial charge in [-0.2, -0.15) is 0 Å². The van der Waals surface area contributed by atoms with Gasteiger partial charge in [-0.05, 0) is 89.0 Å². The van der Waals surface area contributed by atoms with Gasteiger partial charge in [0.05, 0.1) is 24.2 Å². The van der Waals surface area contributed by atoms with Crippen LogP contribution in [0.1, 0.15) is 51.4 Å². The Bertz CT molecular complexity index is 1080. The number of pyridine rings is 1. The van der Waals surface area contributed by atoms with Crippen molar-refractivity contribution in [3.63, 3.8) is 0 Å². The van der Waals surface area contributed by atoms with Crippen molar-refractivity contribution in [1.29, 1.82) is 0 Å². The predicted octanol–water partition coefficient (Wildman–Crippen LogP) is 5.19. The minimum absolute atomic E-state index is 0.0436. The first-order valence-electron chi connectivity index (χ1n) is 13.6. The molecule has 1 aromatic heterocycles. The average molecular weight is 478 g/mol. The molecule has 0 unspecified atom stereocenters. The van der Waals surface area contributed by atoms with E-state index in [0.717, 1.165) is 48.5 Å². The van der Waals surface area contributed by atoms with E-state index in [0.29, 0.717) is 24.0 Å². The third-order valence-corrected chi connectivity index (χ3v) is 7.41. The number of aromatic nitrogens is 1. The van der Waals surface area contributed by atoms with Gasteiger partial charge in [0.25, 0.3) is 0 Å². The molecule has 0 spiro atoms. The van der Waals surface area contributed by atoms with E-state index in [2.05, 4.69) is 14.8 Å². The van der Waals surface area contributed by atoms with Crippen LogP contribution in [0, 0.1) is 0 Å². The summed E-state index contributed by atoms with van der Waals surface area (Å²) in [6.07, 6.45) is 10.0. The number of hydrogen-bond donors (Lipinski definition) is 1. The molecule has 3 aromatic rings. The summed E-state index contributed by atoms with van der Waals surface area (Å²) in [5.74, 6) is 1.60. The van der Waals surface area contributed by atoms with Gasteiger partial charge in [-0.25, -0.2) is 0 Å². The number of aromatic amines is 1. The van der Waals surface area contributed by atoms with Crippen LogP contribution >= 0.6 is 0 Å². The molecule has 2 saturated heterocycles. The minimum atomic E-state index is 0.0436. The van der Waals surface area contributed by atoms with E-state index in [1.54, 1.807) is 0 Å². The molecular formula is C29H39N3O3. The first-order valence-corrected chi connectivity index (χ1v) is 13.6. The Morgan fingerprint density at radius 2 is 1.11 bits per heavy atom. The number of nitrogens with zero attached hydrogens (tertiary/aromatic N) is 2. The molecule has 188 valence electrons. The summed E-state index contributed by atoms with van der Waals surface area (Å²) in [5, 5.41) is 1.38. The second-order valence-corrected chi connectivity index (χ2v) is 10.1. The Kier molecular flexibility index (Phi) is 8.22. The fourth-order valence-electron chi connectivity index (χ4n) is 5.44. The molecule has 0 bridgehead atoms. The summed E-state index contributed by atoms with van der Waals surface area (Å²) >= 11 is 0. The average Bonchev–Trinajstić information content (AvgIpc) is 2.90. The van der Waals surface area contributed by atoms with Crippen molar-refractivity contribution in [2.75, 3.05) is 52.5 Å². The maximum Gasteiger partial charge on any atom is 0.197 e. The van der Waals surface area contributed by atoms with Crippen molar-refractivity contribution in [3.05, 3.63) is 46.6 Å². The highest BCUT2D eigenvalue weighted by Crippen LogP contribution is 2.23. The lowest BCUT2D eigenvalue weighted by molar-refractivity contribution is 0.205. The molecule has 2 aromatic carbocycles. The maximum atomic E-state index is 13.1. The summed E-state index contributed by atoms with van der Waals surface area (Å²) in [6.45, 7) is 8.43. The topological polar surface area (TPSA) is 57.8 Å². The number of ether oxygens (including phenoxy) is 2. The van der Waals surface area contributed by atoms with E-state index < -0.39 is 0 Å². The van der Waals surface area contributed by atoms with Crippen molar-refractivity contribution >= 4 is 21.8 Å². The van der Waals surface area contributed by atoms with E-state index in [9.17, 15) is 4.79 Å². The molecule has 0 radical (unpaired) electrons. The number of likely N-dealkylation sites (tertiary alicyclic amines) is 2. The number of nitrogens with one attached hydrogen (secondary N) is 1. The Morgan fingerprint density at radius 1 is 0.657 bits per heavy atom. The predicted molar refractivity (Wildman–Crippen MR) is 143 cm³/mol. The number of benzene rings is 2. The van der Waals surface area contributed by atoms with Crippen LogP contribution in [0.2, 0.25) is 0 Å². The normalized spacial score (nSPS) is 17.7. The Labute approximate surface area is 208 Å². The standard InChI is InChI=1S/C29H39N3O3/c33-29-25-11-9-23(34-19-7-17-31-13-3-1-4-14-31)21-27(25)30-28-22-24(10-12-26(28)29)35-20-8-18-32-15-5-2-6-16-32/h9-12,21-22H,1-8,13-20H2,(H,30,33). The Hall–Kier alpha value is -2.57. The van der Waals surface area contributed by atoms with E-state index in [4.69, 9.17) is 9.47 Å². The lowest BCUT2D eigenvalue weighted by atomic mass is 10.1. The Morgan fingerprint density at radius 3 is 1.57 bits per heavy atom. The molecule has 2 aliphatic heterocycles. The molecule has 0 atom stereocenters. The zero-order chi connectivity index (χ0) is 23.9. The molecule has 2 aliphatic rings. The summed E-state index contributed by atoms with van der Waals surface area (Å²) in [6, 6.07) is 11.5. The van der Waals surface area contributed by atoms with Gasteiger partial charge in [-0.15, -0.1) is 0 Å². The van der Waals surface area contributed by atoms with Crippen molar-refractivity contribution in [2.45, 2.75) is 51.4 Å². The van der Waals surface area contributed by atoms with Gasteiger partial charge in [0.2, 0.25) is 0 Å². The lowest BCUT2D eigenvalue weighted by Gasteiger charge is -2.26. The molecule has 1 N–H and O–H groups in total. The van der Waals surface area contributed by atoms with Crippen LogP contribution in [0.4, 0.5) is 0 Å². The molecule has 0 amide bonds. The van der Waals surface area contributed by atoms with Crippen molar-refractivity contribution in [3.8, 4) is 11.5 Å². The van der Waals surface area contributed by atoms with Crippen molar-refractivity contribution in [2.24, 2.45) is 0 Å². The van der Waals surface area contributed by atoms with Crippen LogP contribution in [-0.4, -0.2) is 67.3 Å². The highest BCUT2D eigenvalue weighted by molar-refractivity contribution is 5.93. The van der Waals surface area contributed by atoms with E-state index in [1.807, 2.05) is 36.4 Å². The number of rotatable bonds is 10. The van der Waals surface area contributed by atoms with Gasteiger partial charge >= 0.3 is 0 Å². The molecule has 3 heterocycles. The quantitative estimate of drug-likeness (QED) is 0.322. The van der Waals surface area contributed by atoms with Gasteiger partial charge in [-0.1, -0.05) is 12.8 Å². The maximum absolute atomic E-state index is 13.1. The van der Waals surface area contributed by atoms with Gasteiger partial charge in [0.1, 0.15) is 11.5 Å². The zero-order valence-electron chi connectivity index (χ0n) is 20.9. The van der Waals surface area contributed by atoms with Crippen LogP contribution < -0.4 is 14.9 Å². The summed E-state index contributed by atoms with van der Waals surface area (Å²) in [5.41, 5.74) is 1.65. The van der Waals surface area contributed by atoms with E-state index >= 15 is 0 Å². The van der Waals surface area contributed by atoms with Gasteiger partial charge in [0.15, 0.2) is 5.43 Å². The highest BCUT2D eigenvalue weighted by atomic mass is 16.5. The third kappa shape index (κ3) is 6.36. The molecule has 0 saturated carbocycles. The van der Waals surface area contributed by atoms with Crippen LogP contribution in [0.5, 0.6) is 11.5 Å². The lowest BCUT2D eigenvalue weighted by Crippen LogP contribution is -2.31. The van der Waals surface area contributed by atoms with E-state index in [1.165, 1.54) is 64.7 Å². The molecule has 5 rings (SSSR count). The third-order valence-electron chi connectivity index (χ3n) is 7.41. The molecule has 35 heavy (non-hydrogen) atoms. The first-order chi connectivity index (χ1) is 17.3. The zero-order valence-corrected chi connectivity index (χ0v) is 20.9. The number of piperidine rings is 2. The summed E-state index contributed by atoms with van der Waals surface area (Å²) in [7, 11) is 0. The Balaban J connectivity index is 1.19. The van der Waals surface area contributed by atoms with Gasteiger partial charge in [-0.3, -0.25) is 4.79 Å². The number of hydrogen-bond acceptors (Lipinski definition) is 5. The summed E-state index contributed by atoms with van der Waals surface area (Å²) < 4.78 is 12.0. The highest BCUT2D eigenvalue weighted by Gasteiger charge is 2.11. The largest absolute Gasteiger partial charge is 0.493 e. The van der Waals surface area contributed by atoms with Gasteiger partial charge in [0, 0.05) is 36.0 Å². The van der Waals surface area contributed by atoms with Crippen LogP contribution in [0.25, 0.3) is 21.8 Å². The second-order valence-electron chi connectivity index (χ2n) is 10.1. The molecular weight excluding hydrogens is 438 g/mol. The second kappa shape index (κ2) is 11.9. The molecule has 6 nitrogen and oxygen atoms in total. The summed E-state index contributed by atoms with van der Waals surface area (Å²) in [4.78, 5) is 21.6. The monoisotopic (exact) mass is 477 g/mol. The van der Waals surface area contributed by atoms with Crippen molar-refractivity contribution in [1.82, 2.24) is 14.8 Å². The van der Waals surface area contributed by atoms with Crippen molar-refractivity contribution < 1.29 is 9.47 Å². The molecule has 2 fully saturated rings.